The second-order valence-corrected chi connectivity index (χ2v) is 5.42. The second-order valence-electron chi connectivity index (χ2n) is 5.42. The molecule has 1 unspecified atom stereocenters. The molecule has 0 saturated heterocycles. The Kier molecular flexibility index (Phi) is 5.22. The molecule has 1 aromatic heterocycles. The van der Waals surface area contributed by atoms with Crippen molar-refractivity contribution in [3.63, 3.8) is 0 Å². The van der Waals surface area contributed by atoms with Crippen LogP contribution in [-0.2, 0) is 0 Å². The van der Waals surface area contributed by atoms with Crippen LogP contribution in [-0.4, -0.2) is 11.5 Å². The monoisotopic (exact) mass is 271 g/mol. The maximum atomic E-state index is 6.01. The number of hydrogen-bond donors (Lipinski definition) is 2. The highest BCUT2D eigenvalue weighted by atomic mass is 14.9. The van der Waals surface area contributed by atoms with Crippen molar-refractivity contribution in [1.82, 2.24) is 4.98 Å². The molecule has 0 bridgehead atoms. The molecule has 0 aliphatic rings. The Labute approximate surface area is 121 Å². The highest BCUT2D eigenvalue weighted by Crippen LogP contribution is 2.28. The van der Waals surface area contributed by atoms with Crippen molar-refractivity contribution < 1.29 is 0 Å². The topological polar surface area (TPSA) is 50.9 Å². The van der Waals surface area contributed by atoms with Crippen LogP contribution in [0.1, 0.15) is 39.5 Å². The number of pyridine rings is 1. The quantitative estimate of drug-likeness (QED) is 0.732. The summed E-state index contributed by atoms with van der Waals surface area (Å²) < 4.78 is 0. The van der Waals surface area contributed by atoms with Crippen molar-refractivity contribution in [2.75, 3.05) is 17.6 Å². The molecule has 20 heavy (non-hydrogen) atoms. The molecule has 0 amide bonds. The number of nitrogen functional groups attached to an aromatic ring is 1. The molecule has 1 heterocycles. The van der Waals surface area contributed by atoms with Gasteiger partial charge in [0.05, 0.1) is 0 Å². The SMILES string of the molecule is CCCCC(CC)CNc1ccc(N)c2cnccc12. The van der Waals surface area contributed by atoms with E-state index >= 15 is 0 Å². The van der Waals surface area contributed by atoms with Crippen LogP contribution in [0.15, 0.2) is 30.6 Å². The number of anilines is 2. The molecule has 3 N–H and O–H groups in total. The van der Waals surface area contributed by atoms with Crippen LogP contribution in [0.4, 0.5) is 11.4 Å². The summed E-state index contributed by atoms with van der Waals surface area (Å²) in [5.41, 5.74) is 7.95. The van der Waals surface area contributed by atoms with Crippen LogP contribution in [0.5, 0.6) is 0 Å². The van der Waals surface area contributed by atoms with Crippen molar-refractivity contribution >= 4 is 22.1 Å². The van der Waals surface area contributed by atoms with Gasteiger partial charge in [0, 0.05) is 41.1 Å². The zero-order valence-corrected chi connectivity index (χ0v) is 12.5. The fourth-order valence-electron chi connectivity index (χ4n) is 2.56. The first-order valence-electron chi connectivity index (χ1n) is 7.62. The molecular weight excluding hydrogens is 246 g/mol. The fraction of sp³-hybridized carbons (Fsp3) is 0.471. The molecule has 2 aromatic rings. The molecule has 108 valence electrons. The van der Waals surface area contributed by atoms with Gasteiger partial charge in [-0.25, -0.2) is 0 Å². The third-order valence-electron chi connectivity index (χ3n) is 3.98. The van der Waals surface area contributed by atoms with Gasteiger partial charge >= 0.3 is 0 Å². The van der Waals surface area contributed by atoms with Gasteiger partial charge in [-0.2, -0.15) is 0 Å². The molecule has 0 spiro atoms. The standard InChI is InChI=1S/C17H25N3/c1-3-5-6-13(4-2)11-20-17-8-7-16(18)15-12-19-10-9-14(15)17/h7-10,12-13,20H,3-6,11,18H2,1-2H3. The molecule has 3 nitrogen and oxygen atoms in total. The van der Waals surface area contributed by atoms with Gasteiger partial charge in [-0.05, 0) is 30.5 Å². The van der Waals surface area contributed by atoms with Crippen molar-refractivity contribution in [2.45, 2.75) is 39.5 Å². The summed E-state index contributed by atoms with van der Waals surface area (Å²) in [6, 6.07) is 6.06. The van der Waals surface area contributed by atoms with E-state index in [2.05, 4.69) is 30.2 Å². The van der Waals surface area contributed by atoms with Gasteiger partial charge in [-0.15, -0.1) is 0 Å². The molecule has 0 aliphatic carbocycles. The zero-order chi connectivity index (χ0) is 14.4. The Balaban J connectivity index is 2.11. The van der Waals surface area contributed by atoms with Crippen LogP contribution in [0.3, 0.4) is 0 Å². The van der Waals surface area contributed by atoms with E-state index in [-0.39, 0.29) is 0 Å². The lowest BCUT2D eigenvalue weighted by atomic mass is 9.99. The molecule has 2 rings (SSSR count). The van der Waals surface area contributed by atoms with Gasteiger partial charge in [-0.1, -0.05) is 33.1 Å². The van der Waals surface area contributed by atoms with Gasteiger partial charge in [0.15, 0.2) is 0 Å². The zero-order valence-electron chi connectivity index (χ0n) is 12.5. The van der Waals surface area contributed by atoms with E-state index in [9.17, 15) is 0 Å². The van der Waals surface area contributed by atoms with E-state index in [0.717, 1.165) is 34.6 Å². The number of fused-ring (bicyclic) bond motifs is 1. The largest absolute Gasteiger partial charge is 0.398 e. The summed E-state index contributed by atoms with van der Waals surface area (Å²) in [5.74, 6) is 0.740. The maximum absolute atomic E-state index is 6.01. The smallest absolute Gasteiger partial charge is 0.0422 e. The van der Waals surface area contributed by atoms with Crippen molar-refractivity contribution in [3.8, 4) is 0 Å². The lowest BCUT2D eigenvalue weighted by Gasteiger charge is -2.17. The number of benzene rings is 1. The van der Waals surface area contributed by atoms with Gasteiger partial charge in [-0.3, -0.25) is 4.98 Å². The van der Waals surface area contributed by atoms with E-state index in [1.165, 1.54) is 25.7 Å². The lowest BCUT2D eigenvalue weighted by Crippen LogP contribution is -2.14. The van der Waals surface area contributed by atoms with Gasteiger partial charge in [0.25, 0.3) is 0 Å². The van der Waals surface area contributed by atoms with Crippen LogP contribution < -0.4 is 11.1 Å². The minimum atomic E-state index is 0.740. The van der Waals surface area contributed by atoms with Crippen molar-refractivity contribution in [2.24, 2.45) is 5.92 Å². The number of hydrogen-bond acceptors (Lipinski definition) is 3. The predicted octanol–water partition coefficient (Wildman–Crippen LogP) is 4.45. The maximum Gasteiger partial charge on any atom is 0.0422 e. The predicted molar refractivity (Wildman–Crippen MR) is 88.0 cm³/mol. The van der Waals surface area contributed by atoms with Gasteiger partial charge in [0.1, 0.15) is 0 Å². The molecule has 0 saturated carbocycles. The molecule has 0 radical (unpaired) electrons. The fourth-order valence-corrected chi connectivity index (χ4v) is 2.56. The van der Waals surface area contributed by atoms with Crippen LogP contribution in [0, 0.1) is 5.92 Å². The Morgan fingerprint density at radius 2 is 2.05 bits per heavy atom. The third-order valence-corrected chi connectivity index (χ3v) is 3.98. The Bertz CT molecular complexity index is 551. The van der Waals surface area contributed by atoms with Crippen molar-refractivity contribution in [3.05, 3.63) is 30.6 Å². The first kappa shape index (κ1) is 14.6. The molecule has 0 aliphatic heterocycles. The Morgan fingerprint density at radius 1 is 1.20 bits per heavy atom. The molecule has 3 heteroatoms. The molecule has 1 atom stereocenters. The minimum absolute atomic E-state index is 0.740. The van der Waals surface area contributed by atoms with Gasteiger partial charge in [0.2, 0.25) is 0 Å². The van der Waals surface area contributed by atoms with E-state index in [4.69, 9.17) is 5.73 Å². The third kappa shape index (κ3) is 3.41. The highest BCUT2D eigenvalue weighted by Gasteiger charge is 2.08. The molecule has 0 fully saturated rings. The van der Waals surface area contributed by atoms with E-state index in [1.807, 2.05) is 24.5 Å². The summed E-state index contributed by atoms with van der Waals surface area (Å²) in [4.78, 5) is 4.16. The highest BCUT2D eigenvalue weighted by molar-refractivity contribution is 6.00. The number of unbranched alkanes of at least 4 members (excludes halogenated alkanes) is 1. The Morgan fingerprint density at radius 3 is 2.80 bits per heavy atom. The number of nitrogens with zero attached hydrogens (tertiary/aromatic N) is 1. The first-order valence-corrected chi connectivity index (χ1v) is 7.62. The summed E-state index contributed by atoms with van der Waals surface area (Å²) in [7, 11) is 0. The summed E-state index contributed by atoms with van der Waals surface area (Å²) in [6.07, 6.45) is 8.76. The number of rotatable bonds is 7. The number of aromatic nitrogens is 1. The van der Waals surface area contributed by atoms with Crippen LogP contribution in [0.2, 0.25) is 0 Å². The summed E-state index contributed by atoms with van der Waals surface area (Å²) >= 11 is 0. The average molecular weight is 271 g/mol. The van der Waals surface area contributed by atoms with Gasteiger partial charge < -0.3 is 11.1 Å². The normalized spacial score (nSPS) is 12.5. The summed E-state index contributed by atoms with van der Waals surface area (Å²) in [6.45, 7) is 5.55. The van der Waals surface area contributed by atoms with E-state index < -0.39 is 0 Å². The van der Waals surface area contributed by atoms with E-state index in [1.54, 1.807) is 0 Å². The van der Waals surface area contributed by atoms with Crippen LogP contribution >= 0.6 is 0 Å². The lowest BCUT2D eigenvalue weighted by molar-refractivity contribution is 0.473. The summed E-state index contributed by atoms with van der Waals surface area (Å²) in [5, 5.41) is 5.78. The molecular formula is C17H25N3. The first-order chi connectivity index (χ1) is 9.76. The van der Waals surface area contributed by atoms with Crippen LogP contribution in [0.25, 0.3) is 10.8 Å². The Hall–Kier alpha value is -1.77. The van der Waals surface area contributed by atoms with Crippen molar-refractivity contribution in [1.29, 1.82) is 0 Å². The average Bonchev–Trinajstić information content (AvgIpc) is 2.49. The number of nitrogens with two attached hydrogens (primary N) is 1. The molecule has 1 aromatic carbocycles. The number of nitrogens with one attached hydrogen (secondary N) is 1. The second kappa shape index (κ2) is 7.13. The minimum Gasteiger partial charge on any atom is -0.398 e. The van der Waals surface area contributed by atoms with E-state index in [0.29, 0.717) is 0 Å².